The molecule has 38 heavy (non-hydrogen) atoms. The molecule has 1 saturated heterocycles. The number of aliphatic hydroxyl groups is 1. The van der Waals surface area contributed by atoms with Crippen LogP contribution in [0, 0.1) is 18.2 Å². The number of carbonyl (C=O) groups is 3. The summed E-state index contributed by atoms with van der Waals surface area (Å²) in [6.07, 6.45) is 5.32. The SMILES string of the molecule is C#Cc1ccc(NC(=O)[C@@H]([C@@H](C)c2ccccc2)N2C(=O)N[C@H](c3ccc(OCCO)cc3)C2=O)c(F)c1. The van der Waals surface area contributed by atoms with Crippen LogP contribution < -0.4 is 15.4 Å². The quantitative estimate of drug-likeness (QED) is 0.298. The van der Waals surface area contributed by atoms with E-state index in [-0.39, 0.29) is 18.9 Å². The zero-order valence-corrected chi connectivity index (χ0v) is 20.6. The molecule has 0 aromatic heterocycles. The Morgan fingerprint density at radius 2 is 1.87 bits per heavy atom. The van der Waals surface area contributed by atoms with Gasteiger partial charge in [0.2, 0.25) is 5.91 Å². The molecule has 3 atom stereocenters. The van der Waals surface area contributed by atoms with Crippen LogP contribution in [0.2, 0.25) is 0 Å². The number of nitrogens with zero attached hydrogens (tertiary/aromatic N) is 1. The Morgan fingerprint density at radius 1 is 1.16 bits per heavy atom. The summed E-state index contributed by atoms with van der Waals surface area (Å²) >= 11 is 0. The number of aliphatic hydroxyl groups excluding tert-OH is 1. The number of amides is 4. The predicted octanol–water partition coefficient (Wildman–Crippen LogP) is 3.58. The van der Waals surface area contributed by atoms with E-state index in [0.29, 0.717) is 22.4 Å². The molecule has 9 heteroatoms. The van der Waals surface area contributed by atoms with Crippen LogP contribution in [0.3, 0.4) is 0 Å². The third-order valence-corrected chi connectivity index (χ3v) is 6.28. The van der Waals surface area contributed by atoms with E-state index in [9.17, 15) is 18.8 Å². The van der Waals surface area contributed by atoms with Gasteiger partial charge in [0.15, 0.2) is 0 Å². The minimum Gasteiger partial charge on any atom is -0.491 e. The van der Waals surface area contributed by atoms with Crippen molar-refractivity contribution < 1.29 is 28.6 Å². The molecular formula is C29H26FN3O5. The second kappa shape index (κ2) is 11.6. The highest BCUT2D eigenvalue weighted by atomic mass is 19.1. The Labute approximate surface area is 219 Å². The van der Waals surface area contributed by atoms with E-state index >= 15 is 0 Å². The molecule has 8 nitrogen and oxygen atoms in total. The number of imide groups is 1. The van der Waals surface area contributed by atoms with Crippen LogP contribution >= 0.6 is 0 Å². The lowest BCUT2D eigenvalue weighted by Crippen LogP contribution is -2.50. The maximum atomic E-state index is 14.6. The van der Waals surface area contributed by atoms with Gasteiger partial charge >= 0.3 is 6.03 Å². The Kier molecular flexibility index (Phi) is 8.04. The van der Waals surface area contributed by atoms with Gasteiger partial charge in [0.25, 0.3) is 5.91 Å². The van der Waals surface area contributed by atoms with Gasteiger partial charge in [-0.2, -0.15) is 0 Å². The van der Waals surface area contributed by atoms with Crippen LogP contribution in [-0.2, 0) is 9.59 Å². The first-order chi connectivity index (χ1) is 18.3. The maximum absolute atomic E-state index is 14.6. The van der Waals surface area contributed by atoms with Crippen LogP contribution in [-0.4, -0.2) is 47.1 Å². The summed E-state index contributed by atoms with van der Waals surface area (Å²) in [5, 5.41) is 14.1. The average Bonchev–Trinajstić information content (AvgIpc) is 3.22. The van der Waals surface area contributed by atoms with E-state index in [1.807, 2.05) is 6.07 Å². The number of hydrogen-bond donors (Lipinski definition) is 3. The fraction of sp³-hybridized carbons (Fsp3) is 0.207. The molecule has 3 N–H and O–H groups in total. The van der Waals surface area contributed by atoms with Crippen LogP contribution in [0.5, 0.6) is 5.75 Å². The van der Waals surface area contributed by atoms with Crippen molar-refractivity contribution in [1.82, 2.24) is 10.2 Å². The molecule has 0 bridgehead atoms. The number of anilines is 1. The number of nitrogens with one attached hydrogen (secondary N) is 2. The summed E-state index contributed by atoms with van der Waals surface area (Å²) in [5.41, 5.74) is 1.38. The summed E-state index contributed by atoms with van der Waals surface area (Å²) in [6, 6.07) is 16.3. The Morgan fingerprint density at radius 3 is 2.50 bits per heavy atom. The Balaban J connectivity index is 1.64. The first kappa shape index (κ1) is 26.4. The van der Waals surface area contributed by atoms with E-state index in [2.05, 4.69) is 16.6 Å². The van der Waals surface area contributed by atoms with Crippen molar-refractivity contribution in [1.29, 1.82) is 0 Å². The molecule has 1 aliphatic rings. The number of benzene rings is 3. The summed E-state index contributed by atoms with van der Waals surface area (Å²) in [7, 11) is 0. The van der Waals surface area contributed by atoms with Crippen LogP contribution in [0.15, 0.2) is 72.8 Å². The van der Waals surface area contributed by atoms with Gasteiger partial charge in [-0.1, -0.05) is 55.3 Å². The van der Waals surface area contributed by atoms with Gasteiger partial charge in [-0.3, -0.25) is 9.59 Å². The van der Waals surface area contributed by atoms with Crippen molar-refractivity contribution >= 4 is 23.5 Å². The number of hydrogen-bond acceptors (Lipinski definition) is 5. The molecule has 0 unspecified atom stereocenters. The normalized spacial score (nSPS) is 16.4. The van der Waals surface area contributed by atoms with Crippen LogP contribution in [0.25, 0.3) is 0 Å². The molecule has 1 heterocycles. The third kappa shape index (κ3) is 5.51. The van der Waals surface area contributed by atoms with Crippen molar-refractivity contribution in [3.8, 4) is 18.1 Å². The fourth-order valence-electron chi connectivity index (χ4n) is 4.32. The van der Waals surface area contributed by atoms with E-state index in [4.69, 9.17) is 16.3 Å². The smallest absolute Gasteiger partial charge is 0.325 e. The molecule has 4 amide bonds. The molecule has 3 aromatic carbocycles. The van der Waals surface area contributed by atoms with Crippen molar-refractivity contribution in [3.05, 3.63) is 95.3 Å². The summed E-state index contributed by atoms with van der Waals surface area (Å²) in [6.45, 7) is 1.69. The minimum absolute atomic E-state index is 0.118. The highest BCUT2D eigenvalue weighted by Crippen LogP contribution is 2.32. The van der Waals surface area contributed by atoms with Crippen molar-refractivity contribution in [2.24, 2.45) is 0 Å². The summed E-state index contributed by atoms with van der Waals surface area (Å²) in [5.74, 6) is 0.106. The zero-order chi connectivity index (χ0) is 27.2. The van der Waals surface area contributed by atoms with Gasteiger partial charge in [0.1, 0.15) is 30.3 Å². The molecular weight excluding hydrogens is 489 g/mol. The van der Waals surface area contributed by atoms with E-state index in [1.54, 1.807) is 55.5 Å². The summed E-state index contributed by atoms with van der Waals surface area (Å²) in [4.78, 5) is 41.1. The molecule has 0 aliphatic carbocycles. The highest BCUT2D eigenvalue weighted by Gasteiger charge is 2.47. The second-order valence-electron chi connectivity index (χ2n) is 8.70. The Hall–Kier alpha value is -4.68. The number of urea groups is 1. The molecule has 4 rings (SSSR count). The van der Waals surface area contributed by atoms with Crippen LogP contribution in [0.1, 0.15) is 35.6 Å². The standard InChI is InChI=1S/C29H26FN3O5/c1-3-19-9-14-24(23(30)17-19)31-27(35)26(18(2)20-7-5-4-6-8-20)33-28(36)25(32-29(33)37)21-10-12-22(13-11-21)38-16-15-34/h1,4-14,17-18,25-26,34H,15-16H2,2H3,(H,31,35)(H,32,37)/t18-,25+,26+/m0/s1. The van der Waals surface area contributed by atoms with Crippen molar-refractivity contribution in [2.45, 2.75) is 24.9 Å². The fourth-order valence-corrected chi connectivity index (χ4v) is 4.32. The summed E-state index contributed by atoms with van der Waals surface area (Å²) < 4.78 is 20.0. The highest BCUT2D eigenvalue weighted by molar-refractivity contribution is 6.10. The van der Waals surface area contributed by atoms with Gasteiger partial charge in [0, 0.05) is 11.5 Å². The molecule has 0 saturated carbocycles. The van der Waals surface area contributed by atoms with Crippen molar-refractivity contribution in [2.75, 3.05) is 18.5 Å². The zero-order valence-electron chi connectivity index (χ0n) is 20.6. The average molecular weight is 516 g/mol. The number of halogens is 1. The largest absolute Gasteiger partial charge is 0.491 e. The number of ether oxygens (including phenoxy) is 1. The monoisotopic (exact) mass is 515 g/mol. The van der Waals surface area contributed by atoms with Gasteiger partial charge in [0.05, 0.1) is 12.3 Å². The van der Waals surface area contributed by atoms with Gasteiger partial charge in [-0.15, -0.1) is 6.42 Å². The molecule has 3 aromatic rings. The Bertz CT molecular complexity index is 1370. The lowest BCUT2D eigenvalue weighted by atomic mass is 9.91. The van der Waals surface area contributed by atoms with Crippen LogP contribution in [0.4, 0.5) is 14.9 Å². The molecule has 194 valence electrons. The molecule has 0 radical (unpaired) electrons. The lowest BCUT2D eigenvalue weighted by molar-refractivity contribution is -0.134. The second-order valence-corrected chi connectivity index (χ2v) is 8.70. The molecule has 0 spiro atoms. The van der Waals surface area contributed by atoms with Gasteiger partial charge < -0.3 is 20.5 Å². The minimum atomic E-state index is -1.28. The van der Waals surface area contributed by atoms with Crippen molar-refractivity contribution in [3.63, 3.8) is 0 Å². The topological polar surface area (TPSA) is 108 Å². The first-order valence-corrected chi connectivity index (χ1v) is 11.9. The van der Waals surface area contributed by atoms with Gasteiger partial charge in [-0.25, -0.2) is 14.1 Å². The van der Waals surface area contributed by atoms with E-state index in [1.165, 1.54) is 12.1 Å². The third-order valence-electron chi connectivity index (χ3n) is 6.28. The number of terminal acetylenes is 1. The first-order valence-electron chi connectivity index (χ1n) is 11.9. The lowest BCUT2D eigenvalue weighted by Gasteiger charge is -2.30. The number of rotatable bonds is 9. The predicted molar refractivity (Wildman–Crippen MR) is 139 cm³/mol. The number of carbonyl (C=O) groups excluding carboxylic acids is 3. The molecule has 1 fully saturated rings. The molecule has 1 aliphatic heterocycles. The van der Waals surface area contributed by atoms with E-state index < -0.39 is 41.7 Å². The van der Waals surface area contributed by atoms with Gasteiger partial charge in [-0.05, 0) is 41.5 Å². The maximum Gasteiger partial charge on any atom is 0.325 e. The van der Waals surface area contributed by atoms with E-state index in [0.717, 1.165) is 11.0 Å².